The van der Waals surface area contributed by atoms with Crippen LogP contribution in [0.25, 0.3) is 0 Å². The molecule has 108 valence electrons. The van der Waals surface area contributed by atoms with Crippen molar-refractivity contribution in [3.63, 3.8) is 0 Å². The summed E-state index contributed by atoms with van der Waals surface area (Å²) in [5.41, 5.74) is 5.19. The van der Waals surface area contributed by atoms with Gasteiger partial charge in [0, 0.05) is 13.1 Å². The van der Waals surface area contributed by atoms with E-state index in [0.29, 0.717) is 13.1 Å². The van der Waals surface area contributed by atoms with E-state index in [0.717, 1.165) is 12.2 Å². The lowest BCUT2D eigenvalue weighted by molar-refractivity contribution is -0.130. The van der Waals surface area contributed by atoms with Gasteiger partial charge in [0.25, 0.3) is 0 Å². The number of carbonyl (C=O) groups excluding carboxylic acids is 1. The van der Waals surface area contributed by atoms with Crippen LogP contribution in [0, 0.1) is 5.41 Å². The molecule has 19 heavy (non-hydrogen) atoms. The van der Waals surface area contributed by atoms with Crippen LogP contribution in [0.3, 0.4) is 0 Å². The molecule has 0 aliphatic heterocycles. The molecule has 3 N–H and O–H groups in total. The first-order valence-electron chi connectivity index (χ1n) is 6.62. The Labute approximate surface area is 115 Å². The summed E-state index contributed by atoms with van der Waals surface area (Å²) in [7, 11) is 3.92. The number of furan rings is 1. The predicted molar refractivity (Wildman–Crippen MR) is 75.6 cm³/mol. The molecule has 2 unspecified atom stereocenters. The lowest BCUT2D eigenvalue weighted by atomic mass is 9.86. The number of nitrogens with zero attached hydrogens (tertiary/aromatic N) is 1. The molecule has 1 amide bonds. The third-order valence-corrected chi connectivity index (χ3v) is 3.73. The average molecular weight is 267 g/mol. The lowest BCUT2D eigenvalue weighted by Gasteiger charge is -2.28. The first kappa shape index (κ1) is 15.7. The highest BCUT2D eigenvalue weighted by molar-refractivity contribution is 5.82. The number of nitrogens with two attached hydrogens (primary N) is 1. The van der Waals surface area contributed by atoms with E-state index in [1.54, 1.807) is 6.26 Å². The number of likely N-dealkylation sites (N-methyl/N-ethyl adjacent to an activating group) is 1. The third kappa shape index (κ3) is 3.81. The molecule has 0 fully saturated rings. The van der Waals surface area contributed by atoms with Crippen LogP contribution < -0.4 is 11.1 Å². The van der Waals surface area contributed by atoms with Crippen LogP contribution in [-0.2, 0) is 4.79 Å². The summed E-state index contributed by atoms with van der Waals surface area (Å²) in [5, 5.41) is 2.97. The van der Waals surface area contributed by atoms with Gasteiger partial charge in [-0.05, 0) is 39.6 Å². The topological polar surface area (TPSA) is 71.5 Å². The summed E-state index contributed by atoms with van der Waals surface area (Å²) >= 11 is 0. The molecule has 0 saturated heterocycles. The largest absolute Gasteiger partial charge is 0.468 e. The van der Waals surface area contributed by atoms with E-state index in [9.17, 15) is 4.79 Å². The van der Waals surface area contributed by atoms with Gasteiger partial charge in [0.2, 0.25) is 5.91 Å². The Balaban J connectivity index is 2.66. The summed E-state index contributed by atoms with van der Waals surface area (Å²) in [5.74, 6) is 0.840. The highest BCUT2D eigenvalue weighted by Crippen LogP contribution is 2.21. The standard InChI is InChI=1S/C14H25N3O2/c1-5-14(2,10-15)13(18)16-9-11(17(3)4)12-7-6-8-19-12/h6-8,11H,5,9-10,15H2,1-4H3,(H,16,18). The van der Waals surface area contributed by atoms with Gasteiger partial charge in [0.05, 0.1) is 17.7 Å². The van der Waals surface area contributed by atoms with E-state index in [-0.39, 0.29) is 11.9 Å². The number of hydrogen-bond donors (Lipinski definition) is 2. The lowest BCUT2D eigenvalue weighted by Crippen LogP contribution is -2.45. The van der Waals surface area contributed by atoms with Gasteiger partial charge in [-0.2, -0.15) is 0 Å². The molecule has 5 heteroatoms. The van der Waals surface area contributed by atoms with Crippen LogP contribution in [0.1, 0.15) is 32.1 Å². The van der Waals surface area contributed by atoms with E-state index in [1.807, 2.05) is 45.0 Å². The van der Waals surface area contributed by atoms with Crippen molar-refractivity contribution in [2.45, 2.75) is 26.3 Å². The molecule has 0 aliphatic rings. The normalized spacial score (nSPS) is 16.1. The summed E-state index contributed by atoms with van der Waals surface area (Å²) < 4.78 is 5.41. The van der Waals surface area contributed by atoms with Gasteiger partial charge in [0.1, 0.15) is 5.76 Å². The summed E-state index contributed by atoms with van der Waals surface area (Å²) in [6.45, 7) is 4.72. The predicted octanol–water partition coefficient (Wildman–Crippen LogP) is 1.37. The van der Waals surface area contributed by atoms with Crippen molar-refractivity contribution >= 4 is 5.91 Å². The fourth-order valence-electron chi connectivity index (χ4n) is 1.82. The van der Waals surface area contributed by atoms with E-state index >= 15 is 0 Å². The number of amides is 1. The minimum Gasteiger partial charge on any atom is -0.468 e. The van der Waals surface area contributed by atoms with Gasteiger partial charge >= 0.3 is 0 Å². The van der Waals surface area contributed by atoms with Gasteiger partial charge in [0.15, 0.2) is 0 Å². The molecule has 0 bridgehead atoms. The zero-order valence-corrected chi connectivity index (χ0v) is 12.3. The Kier molecular flexibility index (Phi) is 5.57. The van der Waals surface area contributed by atoms with Crippen molar-refractivity contribution in [1.82, 2.24) is 10.2 Å². The van der Waals surface area contributed by atoms with Crippen LogP contribution in [0.2, 0.25) is 0 Å². The van der Waals surface area contributed by atoms with Crippen molar-refractivity contribution in [3.8, 4) is 0 Å². The highest BCUT2D eigenvalue weighted by Gasteiger charge is 2.30. The fourth-order valence-corrected chi connectivity index (χ4v) is 1.82. The molecule has 0 aromatic carbocycles. The molecule has 2 atom stereocenters. The summed E-state index contributed by atoms with van der Waals surface area (Å²) in [4.78, 5) is 14.2. The van der Waals surface area contributed by atoms with Gasteiger partial charge in [-0.25, -0.2) is 0 Å². The molecule has 0 aliphatic carbocycles. The van der Waals surface area contributed by atoms with E-state index in [2.05, 4.69) is 5.32 Å². The maximum atomic E-state index is 12.2. The van der Waals surface area contributed by atoms with Gasteiger partial charge in [-0.1, -0.05) is 6.92 Å². The molecule has 0 saturated carbocycles. The quantitative estimate of drug-likeness (QED) is 0.783. The molecule has 0 radical (unpaired) electrons. The number of hydrogen-bond acceptors (Lipinski definition) is 4. The first-order chi connectivity index (χ1) is 8.94. The number of rotatable bonds is 7. The van der Waals surface area contributed by atoms with Crippen LogP contribution >= 0.6 is 0 Å². The minimum absolute atomic E-state index is 0.00379. The molecule has 1 aromatic heterocycles. The Hall–Kier alpha value is -1.33. The van der Waals surface area contributed by atoms with Gasteiger partial charge < -0.3 is 15.5 Å². The molecule has 1 rings (SSSR count). The van der Waals surface area contributed by atoms with Crippen molar-refractivity contribution in [1.29, 1.82) is 0 Å². The second-order valence-corrected chi connectivity index (χ2v) is 5.32. The average Bonchev–Trinajstić information content (AvgIpc) is 2.91. The molecular formula is C14H25N3O2. The zero-order chi connectivity index (χ0) is 14.5. The number of nitrogens with one attached hydrogen (secondary N) is 1. The van der Waals surface area contributed by atoms with Crippen molar-refractivity contribution in [3.05, 3.63) is 24.2 Å². The SMILES string of the molecule is CCC(C)(CN)C(=O)NCC(c1ccco1)N(C)C. The Bertz CT molecular complexity index is 383. The highest BCUT2D eigenvalue weighted by atomic mass is 16.3. The second-order valence-electron chi connectivity index (χ2n) is 5.32. The van der Waals surface area contributed by atoms with Crippen LogP contribution in [0.5, 0.6) is 0 Å². The molecule has 0 spiro atoms. The van der Waals surface area contributed by atoms with Crippen molar-refractivity contribution < 1.29 is 9.21 Å². The van der Waals surface area contributed by atoms with Gasteiger partial charge in [-0.3, -0.25) is 9.69 Å². The summed E-state index contributed by atoms with van der Waals surface area (Å²) in [6.07, 6.45) is 2.37. The fraction of sp³-hybridized carbons (Fsp3) is 0.643. The molecule has 1 aromatic rings. The smallest absolute Gasteiger partial charge is 0.227 e. The Morgan fingerprint density at radius 2 is 2.26 bits per heavy atom. The van der Waals surface area contributed by atoms with Gasteiger partial charge in [-0.15, -0.1) is 0 Å². The molecule has 5 nitrogen and oxygen atoms in total. The molecular weight excluding hydrogens is 242 g/mol. The van der Waals surface area contributed by atoms with Crippen LogP contribution in [-0.4, -0.2) is 38.0 Å². The maximum Gasteiger partial charge on any atom is 0.227 e. The second kappa shape index (κ2) is 6.73. The van der Waals surface area contributed by atoms with E-state index in [4.69, 9.17) is 10.2 Å². The zero-order valence-electron chi connectivity index (χ0n) is 12.3. The Morgan fingerprint density at radius 1 is 1.58 bits per heavy atom. The van der Waals surface area contributed by atoms with Crippen molar-refractivity contribution in [2.75, 3.05) is 27.2 Å². The first-order valence-corrected chi connectivity index (χ1v) is 6.62. The third-order valence-electron chi connectivity index (χ3n) is 3.73. The van der Waals surface area contributed by atoms with Crippen LogP contribution in [0.4, 0.5) is 0 Å². The van der Waals surface area contributed by atoms with E-state index in [1.165, 1.54) is 0 Å². The van der Waals surface area contributed by atoms with Crippen LogP contribution in [0.15, 0.2) is 22.8 Å². The van der Waals surface area contributed by atoms with Crippen molar-refractivity contribution in [2.24, 2.45) is 11.1 Å². The number of carbonyl (C=O) groups is 1. The monoisotopic (exact) mass is 267 g/mol. The molecule has 1 heterocycles. The maximum absolute atomic E-state index is 12.2. The Morgan fingerprint density at radius 3 is 2.68 bits per heavy atom. The minimum atomic E-state index is -0.500. The summed E-state index contributed by atoms with van der Waals surface area (Å²) in [6, 6.07) is 3.79. The van der Waals surface area contributed by atoms with E-state index < -0.39 is 5.41 Å².